The summed E-state index contributed by atoms with van der Waals surface area (Å²) in [5, 5.41) is 7.01. The Bertz CT molecular complexity index is 577. The molecule has 0 spiro atoms. The average Bonchev–Trinajstić information content (AvgIpc) is 2.62. The van der Waals surface area contributed by atoms with Gasteiger partial charge in [-0.3, -0.25) is 0 Å². The molecule has 0 aliphatic carbocycles. The number of nitrogens with zero attached hydrogens (tertiary/aromatic N) is 2. The van der Waals surface area contributed by atoms with Gasteiger partial charge < -0.3 is 20.3 Å². The lowest BCUT2D eigenvalue weighted by Crippen LogP contribution is -2.48. The lowest BCUT2D eigenvalue weighted by atomic mass is 10.1. The van der Waals surface area contributed by atoms with Gasteiger partial charge in [0.1, 0.15) is 0 Å². The van der Waals surface area contributed by atoms with Gasteiger partial charge in [0.2, 0.25) is 0 Å². The predicted molar refractivity (Wildman–Crippen MR) is 128 cm³/mol. The molecule has 0 saturated carbocycles. The number of nitrogens with one attached hydrogen (secondary N) is 2. The zero-order valence-electron chi connectivity index (χ0n) is 16.8. The van der Waals surface area contributed by atoms with Crippen molar-refractivity contribution < 1.29 is 4.74 Å². The SMILES string of the molecule is CCNC(=NCc1ccc(Br)cc1C)NC1CCN(CCCOC)CC1.I. The van der Waals surface area contributed by atoms with Crippen molar-refractivity contribution in [1.82, 2.24) is 15.5 Å². The standard InChI is InChI=1S/C20H33BrN4O.HI/c1-4-22-20(23-15-17-6-7-18(21)14-16(17)2)24-19-8-11-25(12-9-19)10-5-13-26-3;/h6-7,14,19H,4-5,8-13,15H2,1-3H3,(H2,22,23,24);1H. The molecule has 0 aromatic heterocycles. The van der Waals surface area contributed by atoms with Crippen molar-refractivity contribution in [2.24, 2.45) is 4.99 Å². The molecule has 7 heteroatoms. The van der Waals surface area contributed by atoms with E-state index in [9.17, 15) is 0 Å². The van der Waals surface area contributed by atoms with Gasteiger partial charge in [-0.15, -0.1) is 24.0 Å². The Balaban J connectivity index is 0.00000364. The summed E-state index contributed by atoms with van der Waals surface area (Å²) in [6, 6.07) is 6.87. The molecule has 0 radical (unpaired) electrons. The molecule has 1 aliphatic rings. The fourth-order valence-electron chi connectivity index (χ4n) is 3.25. The van der Waals surface area contributed by atoms with Crippen LogP contribution in [-0.4, -0.2) is 56.8 Å². The second-order valence-corrected chi connectivity index (χ2v) is 7.79. The van der Waals surface area contributed by atoms with E-state index in [1.807, 2.05) is 0 Å². The largest absolute Gasteiger partial charge is 0.385 e. The van der Waals surface area contributed by atoms with Gasteiger partial charge >= 0.3 is 0 Å². The number of rotatable bonds is 8. The molecule has 1 saturated heterocycles. The summed E-state index contributed by atoms with van der Waals surface area (Å²) in [4.78, 5) is 7.33. The van der Waals surface area contributed by atoms with Crippen LogP contribution in [0.3, 0.4) is 0 Å². The number of guanidine groups is 1. The Morgan fingerprint density at radius 3 is 2.70 bits per heavy atom. The smallest absolute Gasteiger partial charge is 0.191 e. The van der Waals surface area contributed by atoms with Crippen molar-refractivity contribution in [2.45, 2.75) is 45.7 Å². The van der Waals surface area contributed by atoms with Crippen LogP contribution in [0.5, 0.6) is 0 Å². The van der Waals surface area contributed by atoms with E-state index < -0.39 is 0 Å². The minimum atomic E-state index is 0. The minimum absolute atomic E-state index is 0. The molecule has 1 fully saturated rings. The molecular weight excluding hydrogens is 519 g/mol. The van der Waals surface area contributed by atoms with E-state index in [-0.39, 0.29) is 24.0 Å². The van der Waals surface area contributed by atoms with Crippen molar-refractivity contribution in [1.29, 1.82) is 0 Å². The summed E-state index contributed by atoms with van der Waals surface area (Å²) in [5.74, 6) is 0.924. The van der Waals surface area contributed by atoms with Gasteiger partial charge in [-0.1, -0.05) is 22.0 Å². The summed E-state index contributed by atoms with van der Waals surface area (Å²) in [5.41, 5.74) is 2.53. The quantitative estimate of drug-likeness (QED) is 0.222. The first-order valence-electron chi connectivity index (χ1n) is 9.63. The maximum atomic E-state index is 5.15. The van der Waals surface area contributed by atoms with Crippen LogP contribution in [0, 0.1) is 6.92 Å². The van der Waals surface area contributed by atoms with Crippen molar-refractivity contribution in [3.63, 3.8) is 0 Å². The van der Waals surface area contributed by atoms with Crippen molar-refractivity contribution in [3.8, 4) is 0 Å². The van der Waals surface area contributed by atoms with E-state index in [2.05, 4.69) is 63.5 Å². The molecule has 1 aromatic rings. The second-order valence-electron chi connectivity index (χ2n) is 6.87. The topological polar surface area (TPSA) is 48.9 Å². The van der Waals surface area contributed by atoms with Crippen LogP contribution in [0.2, 0.25) is 0 Å². The summed E-state index contributed by atoms with van der Waals surface area (Å²) in [6.07, 6.45) is 3.44. The van der Waals surface area contributed by atoms with E-state index >= 15 is 0 Å². The molecule has 0 bridgehead atoms. The maximum Gasteiger partial charge on any atom is 0.191 e. The van der Waals surface area contributed by atoms with Crippen LogP contribution in [0.4, 0.5) is 0 Å². The molecule has 1 heterocycles. The Morgan fingerprint density at radius 1 is 1.33 bits per heavy atom. The molecule has 27 heavy (non-hydrogen) atoms. The number of ether oxygens (including phenoxy) is 1. The number of piperidine rings is 1. The lowest BCUT2D eigenvalue weighted by Gasteiger charge is -2.33. The Morgan fingerprint density at radius 2 is 2.07 bits per heavy atom. The monoisotopic (exact) mass is 552 g/mol. The van der Waals surface area contributed by atoms with Gasteiger partial charge in [0.15, 0.2) is 5.96 Å². The normalized spacial score (nSPS) is 16.1. The molecule has 2 N–H and O–H groups in total. The summed E-state index contributed by atoms with van der Waals surface area (Å²) >= 11 is 3.52. The van der Waals surface area contributed by atoms with Crippen LogP contribution in [0.25, 0.3) is 0 Å². The second kappa shape index (κ2) is 13.7. The molecule has 0 amide bonds. The van der Waals surface area contributed by atoms with Crippen molar-refractivity contribution >= 4 is 45.9 Å². The Labute approximate surface area is 189 Å². The van der Waals surface area contributed by atoms with Gasteiger partial charge in [-0.2, -0.15) is 0 Å². The molecule has 5 nitrogen and oxygen atoms in total. The zero-order valence-corrected chi connectivity index (χ0v) is 20.7. The summed E-state index contributed by atoms with van der Waals surface area (Å²) in [7, 11) is 1.77. The molecule has 0 unspecified atom stereocenters. The number of aryl methyl sites for hydroxylation is 1. The zero-order chi connectivity index (χ0) is 18.8. The highest BCUT2D eigenvalue weighted by molar-refractivity contribution is 14.0. The van der Waals surface area contributed by atoms with Gasteiger partial charge in [-0.05, 0) is 56.4 Å². The Hall–Kier alpha value is -0.380. The van der Waals surface area contributed by atoms with E-state index in [0.717, 1.165) is 62.5 Å². The Kier molecular flexibility index (Phi) is 12.5. The van der Waals surface area contributed by atoms with E-state index in [1.54, 1.807) is 7.11 Å². The average molecular weight is 553 g/mol. The van der Waals surface area contributed by atoms with Crippen LogP contribution in [0.15, 0.2) is 27.7 Å². The first-order valence-corrected chi connectivity index (χ1v) is 10.4. The van der Waals surface area contributed by atoms with Crippen LogP contribution in [-0.2, 0) is 11.3 Å². The first-order chi connectivity index (χ1) is 12.6. The van der Waals surface area contributed by atoms with Gasteiger partial charge in [0.25, 0.3) is 0 Å². The third kappa shape index (κ3) is 9.11. The number of methoxy groups -OCH3 is 1. The van der Waals surface area contributed by atoms with Gasteiger partial charge in [0, 0.05) is 50.4 Å². The molecule has 154 valence electrons. The predicted octanol–water partition coefficient (Wildman–Crippen LogP) is 3.93. The highest BCUT2D eigenvalue weighted by Crippen LogP contribution is 2.16. The number of hydrogen-bond acceptors (Lipinski definition) is 3. The number of aliphatic imine (C=N–C) groups is 1. The summed E-state index contributed by atoms with van der Waals surface area (Å²) in [6.45, 7) is 10.1. The number of hydrogen-bond donors (Lipinski definition) is 2. The van der Waals surface area contributed by atoms with Crippen LogP contribution >= 0.6 is 39.9 Å². The van der Waals surface area contributed by atoms with Crippen molar-refractivity contribution in [2.75, 3.05) is 39.9 Å². The highest BCUT2D eigenvalue weighted by atomic mass is 127. The third-order valence-corrected chi connectivity index (χ3v) is 5.30. The first kappa shape index (κ1) is 24.7. The highest BCUT2D eigenvalue weighted by Gasteiger charge is 2.19. The van der Waals surface area contributed by atoms with Crippen molar-refractivity contribution in [3.05, 3.63) is 33.8 Å². The molecule has 1 aromatic carbocycles. The molecular formula is C20H34BrIN4O. The van der Waals surface area contributed by atoms with E-state index in [4.69, 9.17) is 9.73 Å². The fourth-order valence-corrected chi connectivity index (χ4v) is 3.72. The van der Waals surface area contributed by atoms with Crippen LogP contribution < -0.4 is 10.6 Å². The van der Waals surface area contributed by atoms with Gasteiger partial charge in [0.05, 0.1) is 6.54 Å². The van der Waals surface area contributed by atoms with E-state index in [1.165, 1.54) is 11.1 Å². The maximum absolute atomic E-state index is 5.15. The fraction of sp³-hybridized carbons (Fsp3) is 0.650. The lowest BCUT2D eigenvalue weighted by molar-refractivity contribution is 0.155. The van der Waals surface area contributed by atoms with Gasteiger partial charge in [-0.25, -0.2) is 4.99 Å². The molecule has 2 rings (SSSR count). The number of halogens is 2. The summed E-state index contributed by atoms with van der Waals surface area (Å²) < 4.78 is 6.26. The molecule has 0 atom stereocenters. The number of benzene rings is 1. The van der Waals surface area contributed by atoms with Crippen LogP contribution in [0.1, 0.15) is 37.3 Å². The van der Waals surface area contributed by atoms with E-state index in [0.29, 0.717) is 12.6 Å². The third-order valence-electron chi connectivity index (χ3n) is 4.81. The number of likely N-dealkylation sites (tertiary alicyclic amines) is 1. The molecule has 1 aliphatic heterocycles. The minimum Gasteiger partial charge on any atom is -0.385 e.